The van der Waals surface area contributed by atoms with E-state index in [2.05, 4.69) is 0 Å². The standard InChI is InChI=1S/C11H7F2NO/c12-9-3-1-2-8(10(9)13)11(6-14)4-7(15)5-11/h1-3H,4-5H2. The van der Waals surface area contributed by atoms with Crippen LogP contribution in [0.25, 0.3) is 0 Å². The van der Waals surface area contributed by atoms with Crippen LogP contribution in [0.5, 0.6) is 0 Å². The Labute approximate surface area is 85.1 Å². The fraction of sp³-hybridized carbons (Fsp3) is 0.273. The number of nitrogens with zero attached hydrogens (tertiary/aromatic N) is 1. The SMILES string of the molecule is N#CC1(c2cccc(F)c2F)CC(=O)C1. The first-order valence-corrected chi connectivity index (χ1v) is 4.46. The maximum absolute atomic E-state index is 13.4. The highest BCUT2D eigenvalue weighted by Crippen LogP contribution is 2.42. The lowest BCUT2D eigenvalue weighted by Gasteiger charge is -2.34. The maximum atomic E-state index is 13.4. The molecular formula is C11H7F2NO. The molecule has 1 aliphatic carbocycles. The summed E-state index contributed by atoms with van der Waals surface area (Å²) in [5, 5.41) is 8.93. The van der Waals surface area contributed by atoms with Gasteiger partial charge in [0.2, 0.25) is 0 Å². The summed E-state index contributed by atoms with van der Waals surface area (Å²) < 4.78 is 26.3. The molecule has 0 bridgehead atoms. The topological polar surface area (TPSA) is 40.9 Å². The molecule has 0 spiro atoms. The first-order chi connectivity index (χ1) is 7.09. The van der Waals surface area contributed by atoms with Crippen LogP contribution in [-0.4, -0.2) is 5.78 Å². The quantitative estimate of drug-likeness (QED) is 0.707. The van der Waals surface area contributed by atoms with E-state index in [0.717, 1.165) is 6.07 Å². The summed E-state index contributed by atoms with van der Waals surface area (Å²) in [6.45, 7) is 0. The Morgan fingerprint density at radius 3 is 2.53 bits per heavy atom. The Balaban J connectivity index is 2.50. The highest BCUT2D eigenvalue weighted by Gasteiger charge is 2.47. The van der Waals surface area contributed by atoms with Crippen LogP contribution < -0.4 is 0 Å². The van der Waals surface area contributed by atoms with Crippen molar-refractivity contribution < 1.29 is 13.6 Å². The smallest absolute Gasteiger partial charge is 0.163 e. The minimum absolute atomic E-state index is 0.00963. The minimum atomic E-state index is -1.15. The van der Waals surface area contributed by atoms with Crippen molar-refractivity contribution in [1.29, 1.82) is 5.26 Å². The summed E-state index contributed by atoms with van der Waals surface area (Å²) in [5.41, 5.74) is -1.16. The second-order valence-electron chi connectivity index (χ2n) is 3.69. The molecule has 0 radical (unpaired) electrons. The summed E-state index contributed by atoms with van der Waals surface area (Å²) in [6.07, 6.45) is -0.0479. The molecule has 0 atom stereocenters. The van der Waals surface area contributed by atoms with Crippen molar-refractivity contribution in [2.75, 3.05) is 0 Å². The molecule has 4 heteroatoms. The van der Waals surface area contributed by atoms with E-state index in [1.807, 2.05) is 6.07 Å². The molecule has 0 saturated heterocycles. The van der Waals surface area contributed by atoms with Gasteiger partial charge in [-0.2, -0.15) is 5.26 Å². The number of carbonyl (C=O) groups excluding carboxylic acids is 1. The number of hydrogen-bond acceptors (Lipinski definition) is 2. The molecule has 1 aromatic rings. The van der Waals surface area contributed by atoms with Gasteiger partial charge in [-0.25, -0.2) is 8.78 Å². The molecule has 2 rings (SSSR count). The van der Waals surface area contributed by atoms with E-state index in [4.69, 9.17) is 5.26 Å². The fourth-order valence-corrected chi connectivity index (χ4v) is 1.82. The molecular weight excluding hydrogens is 200 g/mol. The van der Waals surface area contributed by atoms with Gasteiger partial charge in [-0.05, 0) is 6.07 Å². The fourth-order valence-electron chi connectivity index (χ4n) is 1.82. The summed E-state index contributed by atoms with van der Waals surface area (Å²) in [6, 6.07) is 5.59. The summed E-state index contributed by atoms with van der Waals surface area (Å²) in [7, 11) is 0. The summed E-state index contributed by atoms with van der Waals surface area (Å²) in [4.78, 5) is 10.9. The van der Waals surface area contributed by atoms with Crippen molar-refractivity contribution in [3.63, 3.8) is 0 Å². The Hall–Kier alpha value is -1.76. The monoisotopic (exact) mass is 207 g/mol. The van der Waals surface area contributed by atoms with E-state index < -0.39 is 17.0 Å². The first-order valence-electron chi connectivity index (χ1n) is 4.46. The molecule has 76 valence electrons. The van der Waals surface area contributed by atoms with E-state index in [1.165, 1.54) is 12.1 Å². The largest absolute Gasteiger partial charge is 0.300 e. The number of ketones is 1. The van der Waals surface area contributed by atoms with Crippen LogP contribution in [0.4, 0.5) is 8.78 Å². The van der Waals surface area contributed by atoms with Crippen LogP contribution in [0.15, 0.2) is 18.2 Å². The molecule has 0 N–H and O–H groups in total. The molecule has 0 unspecified atom stereocenters. The Kier molecular flexibility index (Phi) is 2.04. The lowest BCUT2D eigenvalue weighted by molar-refractivity contribution is -0.126. The molecule has 2 nitrogen and oxygen atoms in total. The second kappa shape index (κ2) is 3.13. The zero-order chi connectivity index (χ0) is 11.1. The van der Waals surface area contributed by atoms with Gasteiger partial charge in [-0.15, -0.1) is 0 Å². The van der Waals surface area contributed by atoms with Crippen LogP contribution in [0.3, 0.4) is 0 Å². The molecule has 0 amide bonds. The third-order valence-corrected chi connectivity index (χ3v) is 2.68. The highest BCUT2D eigenvalue weighted by atomic mass is 19.2. The molecule has 1 aliphatic rings. The van der Waals surface area contributed by atoms with Gasteiger partial charge in [0, 0.05) is 18.4 Å². The van der Waals surface area contributed by atoms with Gasteiger partial charge in [-0.3, -0.25) is 4.79 Å². The molecule has 0 aliphatic heterocycles. The number of carbonyl (C=O) groups is 1. The van der Waals surface area contributed by atoms with Gasteiger partial charge in [0.1, 0.15) is 5.78 Å². The van der Waals surface area contributed by atoms with Crippen molar-refractivity contribution >= 4 is 5.78 Å². The first kappa shape index (κ1) is 9.78. The molecule has 1 fully saturated rings. The number of halogens is 2. The number of nitriles is 1. The molecule has 15 heavy (non-hydrogen) atoms. The maximum Gasteiger partial charge on any atom is 0.163 e. The van der Waals surface area contributed by atoms with Crippen molar-refractivity contribution in [3.05, 3.63) is 35.4 Å². The molecule has 1 aromatic carbocycles. The molecule has 1 saturated carbocycles. The van der Waals surface area contributed by atoms with Gasteiger partial charge in [0.25, 0.3) is 0 Å². The summed E-state index contributed by atoms with van der Waals surface area (Å²) in [5.74, 6) is -2.10. The van der Waals surface area contributed by atoms with E-state index >= 15 is 0 Å². The van der Waals surface area contributed by atoms with E-state index in [0.29, 0.717) is 0 Å². The van der Waals surface area contributed by atoms with Crippen LogP contribution in [0.1, 0.15) is 18.4 Å². The predicted molar refractivity (Wildman–Crippen MR) is 47.9 cm³/mol. The van der Waals surface area contributed by atoms with Crippen LogP contribution >= 0.6 is 0 Å². The number of Topliss-reactive ketones (excluding diaryl/α,β-unsaturated/α-hetero) is 1. The third kappa shape index (κ3) is 1.32. The Morgan fingerprint density at radius 2 is 2.00 bits per heavy atom. The zero-order valence-corrected chi connectivity index (χ0v) is 7.76. The van der Waals surface area contributed by atoms with Crippen LogP contribution in [0, 0.1) is 23.0 Å². The van der Waals surface area contributed by atoms with Crippen molar-refractivity contribution in [2.24, 2.45) is 0 Å². The van der Waals surface area contributed by atoms with Crippen molar-refractivity contribution in [3.8, 4) is 6.07 Å². The average molecular weight is 207 g/mol. The number of rotatable bonds is 1. The number of benzene rings is 1. The second-order valence-corrected chi connectivity index (χ2v) is 3.69. The minimum Gasteiger partial charge on any atom is -0.300 e. The van der Waals surface area contributed by atoms with Gasteiger partial charge in [0.05, 0.1) is 11.5 Å². The predicted octanol–water partition coefficient (Wildman–Crippen LogP) is 2.09. The van der Waals surface area contributed by atoms with Crippen molar-refractivity contribution in [2.45, 2.75) is 18.3 Å². The normalized spacial score (nSPS) is 18.1. The molecule has 0 heterocycles. The average Bonchev–Trinajstić information content (AvgIpc) is 2.17. The van der Waals surface area contributed by atoms with Gasteiger partial charge < -0.3 is 0 Å². The Bertz CT molecular complexity index is 468. The van der Waals surface area contributed by atoms with Gasteiger partial charge in [0.15, 0.2) is 11.6 Å². The number of hydrogen-bond donors (Lipinski definition) is 0. The lowest BCUT2D eigenvalue weighted by atomic mass is 9.64. The van der Waals surface area contributed by atoms with E-state index in [1.54, 1.807) is 0 Å². The van der Waals surface area contributed by atoms with Crippen LogP contribution in [-0.2, 0) is 10.2 Å². The molecule has 0 aromatic heterocycles. The lowest BCUT2D eigenvalue weighted by Crippen LogP contribution is -2.41. The van der Waals surface area contributed by atoms with E-state index in [-0.39, 0.29) is 24.2 Å². The van der Waals surface area contributed by atoms with Crippen LogP contribution in [0.2, 0.25) is 0 Å². The van der Waals surface area contributed by atoms with Crippen molar-refractivity contribution in [1.82, 2.24) is 0 Å². The Morgan fingerprint density at radius 1 is 1.33 bits per heavy atom. The van der Waals surface area contributed by atoms with Gasteiger partial charge >= 0.3 is 0 Å². The van der Waals surface area contributed by atoms with E-state index in [9.17, 15) is 13.6 Å². The third-order valence-electron chi connectivity index (χ3n) is 2.68. The van der Waals surface area contributed by atoms with Gasteiger partial charge in [-0.1, -0.05) is 12.1 Å². The zero-order valence-electron chi connectivity index (χ0n) is 7.76. The highest BCUT2D eigenvalue weighted by molar-refractivity contribution is 5.90. The summed E-state index contributed by atoms with van der Waals surface area (Å²) >= 11 is 0.